The summed E-state index contributed by atoms with van der Waals surface area (Å²) in [6, 6.07) is 11.2. The summed E-state index contributed by atoms with van der Waals surface area (Å²) in [7, 11) is 1.84. The highest BCUT2D eigenvalue weighted by atomic mass is 79.9. The summed E-state index contributed by atoms with van der Waals surface area (Å²) in [5.74, 6) is 0. The van der Waals surface area contributed by atoms with Crippen molar-refractivity contribution in [2.45, 2.75) is 6.42 Å². The van der Waals surface area contributed by atoms with Crippen molar-refractivity contribution >= 4 is 38.3 Å². The topological polar surface area (TPSA) is 88.0 Å². The van der Waals surface area contributed by atoms with Gasteiger partial charge in [-0.15, -0.1) is 0 Å². The van der Waals surface area contributed by atoms with Gasteiger partial charge in [0.1, 0.15) is 16.7 Å². The number of hydrogen-bond acceptors (Lipinski definition) is 5. The van der Waals surface area contributed by atoms with Crippen molar-refractivity contribution in [1.82, 2.24) is 15.4 Å². The van der Waals surface area contributed by atoms with Crippen LogP contribution in [0.25, 0.3) is 11.0 Å². The normalized spacial score (nSPS) is 10.9. The van der Waals surface area contributed by atoms with E-state index in [1.165, 1.54) is 6.07 Å². The van der Waals surface area contributed by atoms with Crippen molar-refractivity contribution in [2.24, 2.45) is 0 Å². The molecule has 1 N–H and O–H groups in total. The van der Waals surface area contributed by atoms with E-state index < -0.39 is 0 Å². The van der Waals surface area contributed by atoms with Gasteiger partial charge in [0, 0.05) is 24.1 Å². The van der Waals surface area contributed by atoms with Gasteiger partial charge in [0.25, 0.3) is 5.69 Å². The standard InChI is InChI=1S/C15H14BrN5O2/c1-20(6-5-10-3-2-4-11(16)7-10)14-8-12-13(18-19-17-12)9-15(14)21(22)23/h2-4,7-9H,5-6H2,1H3,(H,17,18,19). The number of likely N-dealkylation sites (N-methyl/N-ethyl adjacent to an activating group) is 1. The van der Waals surface area contributed by atoms with Gasteiger partial charge >= 0.3 is 0 Å². The molecule has 7 nitrogen and oxygen atoms in total. The zero-order chi connectivity index (χ0) is 16.4. The number of rotatable bonds is 5. The predicted molar refractivity (Wildman–Crippen MR) is 91.7 cm³/mol. The minimum atomic E-state index is -0.390. The van der Waals surface area contributed by atoms with E-state index in [-0.39, 0.29) is 10.6 Å². The Labute approximate surface area is 140 Å². The van der Waals surface area contributed by atoms with Crippen LogP contribution in [0.15, 0.2) is 40.9 Å². The number of hydrogen-bond donors (Lipinski definition) is 1. The van der Waals surface area contributed by atoms with Gasteiger partial charge in [-0.3, -0.25) is 10.1 Å². The summed E-state index contributed by atoms with van der Waals surface area (Å²) in [5.41, 5.74) is 2.83. The molecule has 0 amide bonds. The van der Waals surface area contributed by atoms with E-state index in [1.807, 2.05) is 36.2 Å². The first-order chi connectivity index (χ1) is 11.0. The Bertz CT molecular complexity index is 864. The first-order valence-electron chi connectivity index (χ1n) is 6.99. The number of halogens is 1. The highest BCUT2D eigenvalue weighted by Gasteiger charge is 2.20. The molecule has 1 aromatic heterocycles. The third-order valence-electron chi connectivity index (χ3n) is 3.65. The molecule has 1 heterocycles. The molecule has 0 aliphatic rings. The second kappa shape index (κ2) is 6.33. The molecule has 2 aromatic carbocycles. The van der Waals surface area contributed by atoms with Gasteiger partial charge in [0.2, 0.25) is 0 Å². The average molecular weight is 376 g/mol. The number of nitro benzene ring substituents is 1. The van der Waals surface area contributed by atoms with Crippen molar-refractivity contribution in [1.29, 1.82) is 0 Å². The van der Waals surface area contributed by atoms with Crippen LogP contribution in [0.2, 0.25) is 0 Å². The van der Waals surface area contributed by atoms with E-state index in [9.17, 15) is 10.1 Å². The average Bonchev–Trinajstić information content (AvgIpc) is 2.98. The van der Waals surface area contributed by atoms with E-state index in [4.69, 9.17) is 0 Å². The summed E-state index contributed by atoms with van der Waals surface area (Å²) in [6.45, 7) is 0.653. The van der Waals surface area contributed by atoms with Crippen molar-refractivity contribution in [3.63, 3.8) is 0 Å². The number of nitrogens with zero attached hydrogens (tertiary/aromatic N) is 4. The number of anilines is 1. The number of aromatic nitrogens is 3. The minimum Gasteiger partial charge on any atom is -0.369 e. The van der Waals surface area contributed by atoms with Gasteiger partial charge in [0.05, 0.1) is 4.92 Å². The largest absolute Gasteiger partial charge is 0.369 e. The Balaban J connectivity index is 1.85. The minimum absolute atomic E-state index is 0.0307. The maximum absolute atomic E-state index is 11.3. The molecule has 3 rings (SSSR count). The Kier molecular flexibility index (Phi) is 4.24. The summed E-state index contributed by atoms with van der Waals surface area (Å²) >= 11 is 3.45. The SMILES string of the molecule is CN(CCc1cccc(Br)c1)c1cc2n[nH]nc2cc1[N+](=O)[O-]. The Morgan fingerprint density at radius 3 is 2.70 bits per heavy atom. The first-order valence-corrected chi connectivity index (χ1v) is 7.78. The van der Waals surface area contributed by atoms with Crippen LogP contribution in [0.3, 0.4) is 0 Å². The monoisotopic (exact) mass is 375 g/mol. The molecule has 0 radical (unpaired) electrons. The lowest BCUT2D eigenvalue weighted by Gasteiger charge is -2.19. The molecule has 0 spiro atoms. The van der Waals surface area contributed by atoms with Crippen LogP contribution in [-0.4, -0.2) is 33.9 Å². The summed E-state index contributed by atoms with van der Waals surface area (Å²) in [6.07, 6.45) is 0.782. The van der Waals surface area contributed by atoms with Crippen LogP contribution in [0.4, 0.5) is 11.4 Å². The van der Waals surface area contributed by atoms with E-state index in [0.29, 0.717) is 23.3 Å². The van der Waals surface area contributed by atoms with Crippen LogP contribution >= 0.6 is 15.9 Å². The lowest BCUT2D eigenvalue weighted by Crippen LogP contribution is -2.21. The summed E-state index contributed by atoms with van der Waals surface area (Å²) < 4.78 is 1.02. The molecule has 0 aliphatic carbocycles. The molecule has 0 atom stereocenters. The first kappa shape index (κ1) is 15.4. The Morgan fingerprint density at radius 1 is 1.26 bits per heavy atom. The molecule has 0 fully saturated rings. The fourth-order valence-electron chi connectivity index (χ4n) is 2.43. The number of nitro groups is 1. The molecule has 118 valence electrons. The lowest BCUT2D eigenvalue weighted by atomic mass is 10.1. The predicted octanol–water partition coefficient (Wildman–Crippen LogP) is 3.31. The van der Waals surface area contributed by atoms with Crippen molar-refractivity contribution < 1.29 is 4.92 Å². The van der Waals surface area contributed by atoms with Crippen LogP contribution in [0.5, 0.6) is 0 Å². The zero-order valence-electron chi connectivity index (χ0n) is 12.4. The lowest BCUT2D eigenvalue weighted by molar-refractivity contribution is -0.384. The molecule has 23 heavy (non-hydrogen) atoms. The maximum Gasteiger partial charge on any atom is 0.294 e. The fourth-order valence-corrected chi connectivity index (χ4v) is 2.87. The van der Waals surface area contributed by atoms with Gasteiger partial charge in [-0.2, -0.15) is 15.4 Å². The van der Waals surface area contributed by atoms with Crippen LogP contribution in [-0.2, 0) is 6.42 Å². The smallest absolute Gasteiger partial charge is 0.294 e. The fraction of sp³-hybridized carbons (Fsp3) is 0.200. The van der Waals surface area contributed by atoms with Gasteiger partial charge < -0.3 is 4.90 Å². The quantitative estimate of drug-likeness (QED) is 0.545. The van der Waals surface area contributed by atoms with Crippen LogP contribution < -0.4 is 4.90 Å². The molecule has 0 bridgehead atoms. The zero-order valence-corrected chi connectivity index (χ0v) is 13.9. The Hall–Kier alpha value is -2.48. The molecular formula is C15H14BrN5O2. The van der Waals surface area contributed by atoms with Gasteiger partial charge in [-0.05, 0) is 30.2 Å². The highest BCUT2D eigenvalue weighted by molar-refractivity contribution is 9.10. The van der Waals surface area contributed by atoms with Crippen molar-refractivity contribution in [2.75, 3.05) is 18.5 Å². The second-order valence-corrected chi connectivity index (χ2v) is 6.13. The third-order valence-corrected chi connectivity index (χ3v) is 4.14. The number of benzene rings is 2. The molecule has 8 heteroatoms. The molecule has 0 saturated carbocycles. The molecule has 0 unspecified atom stereocenters. The van der Waals surface area contributed by atoms with Gasteiger partial charge in [0.15, 0.2) is 0 Å². The number of H-pyrrole nitrogens is 1. The number of nitrogens with one attached hydrogen (secondary N) is 1. The summed E-state index contributed by atoms with van der Waals surface area (Å²) in [5, 5.41) is 21.7. The highest BCUT2D eigenvalue weighted by Crippen LogP contribution is 2.31. The van der Waals surface area contributed by atoms with Gasteiger partial charge in [-0.25, -0.2) is 0 Å². The van der Waals surface area contributed by atoms with Gasteiger partial charge in [-0.1, -0.05) is 28.1 Å². The number of aromatic amines is 1. The number of fused-ring (bicyclic) bond motifs is 1. The maximum atomic E-state index is 11.3. The van der Waals surface area contributed by atoms with E-state index >= 15 is 0 Å². The summed E-state index contributed by atoms with van der Waals surface area (Å²) in [4.78, 5) is 12.8. The van der Waals surface area contributed by atoms with E-state index in [2.05, 4.69) is 31.3 Å². The van der Waals surface area contributed by atoms with Crippen molar-refractivity contribution in [3.05, 3.63) is 56.5 Å². The van der Waals surface area contributed by atoms with Crippen LogP contribution in [0, 0.1) is 10.1 Å². The Morgan fingerprint density at radius 2 is 2.00 bits per heavy atom. The third kappa shape index (κ3) is 3.31. The second-order valence-electron chi connectivity index (χ2n) is 5.21. The van der Waals surface area contributed by atoms with Crippen LogP contribution in [0.1, 0.15) is 5.56 Å². The molecule has 0 saturated heterocycles. The molecule has 0 aliphatic heterocycles. The van der Waals surface area contributed by atoms with E-state index in [0.717, 1.165) is 16.5 Å². The molecular weight excluding hydrogens is 362 g/mol. The molecule has 3 aromatic rings. The van der Waals surface area contributed by atoms with Crippen molar-refractivity contribution in [3.8, 4) is 0 Å². The van der Waals surface area contributed by atoms with E-state index in [1.54, 1.807) is 6.07 Å².